The van der Waals surface area contributed by atoms with E-state index in [1.165, 1.54) is 11.3 Å². The maximum absolute atomic E-state index is 10.6. The van der Waals surface area contributed by atoms with Gasteiger partial charge in [0.15, 0.2) is 6.29 Å². The molecule has 2 heterocycles. The van der Waals surface area contributed by atoms with Gasteiger partial charge in [-0.25, -0.2) is 0 Å². The number of aldehydes is 1. The summed E-state index contributed by atoms with van der Waals surface area (Å²) < 4.78 is 5.17. The van der Waals surface area contributed by atoms with E-state index in [4.69, 9.17) is 10.2 Å². The molecule has 2 N–H and O–H groups in total. The van der Waals surface area contributed by atoms with Gasteiger partial charge in [0.1, 0.15) is 5.76 Å². The van der Waals surface area contributed by atoms with E-state index < -0.39 is 0 Å². The predicted octanol–water partition coefficient (Wildman–Crippen LogP) is 2.40. The molecule has 3 nitrogen and oxygen atoms in total. The van der Waals surface area contributed by atoms with E-state index in [0.717, 1.165) is 6.29 Å². The van der Waals surface area contributed by atoms with E-state index in [-0.39, 0.29) is 0 Å². The number of carbonyl (C=O) groups is 1. The first kappa shape index (κ1) is 8.07. The first-order valence-electron chi connectivity index (χ1n) is 3.69. The van der Waals surface area contributed by atoms with Crippen molar-refractivity contribution in [3.63, 3.8) is 0 Å². The largest absolute Gasteiger partial charge is 0.464 e. The summed E-state index contributed by atoms with van der Waals surface area (Å²) in [6.45, 7) is 0. The zero-order chi connectivity index (χ0) is 9.26. The normalized spacial score (nSPS) is 10.2. The van der Waals surface area contributed by atoms with Gasteiger partial charge >= 0.3 is 0 Å². The van der Waals surface area contributed by atoms with Crippen molar-refractivity contribution in [1.29, 1.82) is 0 Å². The molecule has 0 fully saturated rings. The quantitative estimate of drug-likeness (QED) is 0.745. The molecule has 0 aromatic carbocycles. The third-order valence-corrected chi connectivity index (χ3v) is 2.57. The van der Waals surface area contributed by atoms with Crippen LogP contribution in [0.25, 0.3) is 11.3 Å². The number of hydrogen-bond acceptors (Lipinski definition) is 4. The van der Waals surface area contributed by atoms with E-state index in [1.807, 2.05) is 0 Å². The molecule has 2 rings (SSSR count). The summed E-state index contributed by atoms with van der Waals surface area (Å²) in [7, 11) is 0. The predicted molar refractivity (Wildman–Crippen MR) is 51.8 cm³/mol. The van der Waals surface area contributed by atoms with E-state index in [9.17, 15) is 4.79 Å². The van der Waals surface area contributed by atoms with Crippen molar-refractivity contribution < 1.29 is 9.21 Å². The SMILES string of the molecule is Nc1scc(C=O)c1-c1ccco1. The minimum atomic E-state index is 0.581. The summed E-state index contributed by atoms with van der Waals surface area (Å²) in [5.74, 6) is 0.640. The number of thiophene rings is 1. The van der Waals surface area contributed by atoms with Crippen molar-refractivity contribution in [2.75, 3.05) is 5.73 Å². The molecular weight excluding hydrogens is 186 g/mol. The lowest BCUT2D eigenvalue weighted by molar-refractivity contribution is 0.112. The molecule has 2 aromatic rings. The van der Waals surface area contributed by atoms with Crippen molar-refractivity contribution in [2.45, 2.75) is 0 Å². The van der Waals surface area contributed by atoms with Crippen molar-refractivity contribution in [3.8, 4) is 11.3 Å². The Labute approximate surface area is 78.8 Å². The molecule has 0 bridgehead atoms. The Morgan fingerprint density at radius 3 is 3.00 bits per heavy atom. The van der Waals surface area contributed by atoms with Gasteiger partial charge < -0.3 is 10.2 Å². The Kier molecular flexibility index (Phi) is 1.90. The van der Waals surface area contributed by atoms with Crippen molar-refractivity contribution in [2.24, 2.45) is 0 Å². The highest BCUT2D eigenvalue weighted by atomic mass is 32.1. The van der Waals surface area contributed by atoms with Crippen LogP contribution in [0.1, 0.15) is 10.4 Å². The standard InChI is InChI=1S/C9H7NO2S/c10-9-8(6(4-11)5-13-9)7-2-1-3-12-7/h1-5H,10H2. The van der Waals surface area contributed by atoms with Crippen LogP contribution in [0, 0.1) is 0 Å². The second kappa shape index (κ2) is 3.06. The lowest BCUT2D eigenvalue weighted by Gasteiger charge is -1.95. The Balaban J connectivity index is 2.62. The fraction of sp³-hybridized carbons (Fsp3) is 0. The van der Waals surface area contributed by atoms with Crippen LogP contribution in [-0.4, -0.2) is 6.29 Å². The van der Waals surface area contributed by atoms with Gasteiger partial charge in [-0.2, -0.15) is 0 Å². The van der Waals surface area contributed by atoms with Crippen LogP contribution in [-0.2, 0) is 0 Å². The third kappa shape index (κ3) is 1.25. The second-order valence-electron chi connectivity index (χ2n) is 2.53. The number of nitrogen functional groups attached to an aromatic ring is 1. The number of carbonyl (C=O) groups excluding carboxylic acids is 1. The zero-order valence-corrected chi connectivity index (χ0v) is 7.51. The molecule has 0 radical (unpaired) electrons. The van der Waals surface area contributed by atoms with Gasteiger partial charge in [0.25, 0.3) is 0 Å². The monoisotopic (exact) mass is 193 g/mol. The topological polar surface area (TPSA) is 56.2 Å². The van der Waals surface area contributed by atoms with E-state index >= 15 is 0 Å². The molecule has 0 spiro atoms. The third-order valence-electron chi connectivity index (χ3n) is 1.74. The fourth-order valence-electron chi connectivity index (χ4n) is 1.16. The Morgan fingerprint density at radius 1 is 1.54 bits per heavy atom. The van der Waals surface area contributed by atoms with Gasteiger partial charge in [0.2, 0.25) is 0 Å². The number of nitrogens with two attached hydrogens (primary N) is 1. The lowest BCUT2D eigenvalue weighted by atomic mass is 10.1. The lowest BCUT2D eigenvalue weighted by Crippen LogP contribution is -1.85. The highest BCUT2D eigenvalue weighted by Gasteiger charge is 2.12. The van der Waals surface area contributed by atoms with Crippen LogP contribution < -0.4 is 5.73 Å². The highest BCUT2D eigenvalue weighted by molar-refractivity contribution is 7.15. The summed E-state index contributed by atoms with van der Waals surface area (Å²) in [5, 5.41) is 2.33. The van der Waals surface area contributed by atoms with Crippen molar-refractivity contribution >= 4 is 22.6 Å². The number of furan rings is 1. The molecule has 0 aliphatic carbocycles. The molecule has 0 aliphatic heterocycles. The molecule has 4 heteroatoms. The minimum Gasteiger partial charge on any atom is -0.464 e. The number of hydrogen-bond donors (Lipinski definition) is 1. The Hall–Kier alpha value is -1.55. The minimum absolute atomic E-state index is 0.581. The Morgan fingerprint density at radius 2 is 2.38 bits per heavy atom. The Bertz CT molecular complexity index is 417. The van der Waals surface area contributed by atoms with E-state index in [1.54, 1.807) is 23.8 Å². The van der Waals surface area contributed by atoms with Gasteiger partial charge in [0, 0.05) is 10.9 Å². The van der Waals surface area contributed by atoms with Crippen LogP contribution in [0.2, 0.25) is 0 Å². The summed E-state index contributed by atoms with van der Waals surface area (Å²) in [6, 6.07) is 3.55. The zero-order valence-electron chi connectivity index (χ0n) is 6.69. The van der Waals surface area contributed by atoms with Gasteiger partial charge in [0.05, 0.1) is 16.8 Å². The van der Waals surface area contributed by atoms with Crippen molar-refractivity contribution in [3.05, 3.63) is 29.3 Å². The van der Waals surface area contributed by atoms with E-state index in [2.05, 4.69) is 0 Å². The van der Waals surface area contributed by atoms with E-state index in [0.29, 0.717) is 21.9 Å². The van der Waals surface area contributed by atoms with Crippen LogP contribution in [0.4, 0.5) is 5.00 Å². The van der Waals surface area contributed by atoms with Gasteiger partial charge in [-0.05, 0) is 12.1 Å². The molecular formula is C9H7NO2S. The molecule has 0 saturated carbocycles. The number of rotatable bonds is 2. The van der Waals surface area contributed by atoms with Crippen molar-refractivity contribution in [1.82, 2.24) is 0 Å². The first-order chi connectivity index (χ1) is 6.33. The average Bonchev–Trinajstić information content (AvgIpc) is 2.72. The van der Waals surface area contributed by atoms with Gasteiger partial charge in [-0.3, -0.25) is 4.79 Å². The number of anilines is 1. The van der Waals surface area contributed by atoms with Gasteiger partial charge in [-0.1, -0.05) is 0 Å². The molecule has 0 aliphatic rings. The molecule has 13 heavy (non-hydrogen) atoms. The van der Waals surface area contributed by atoms with Crippen LogP contribution in [0.15, 0.2) is 28.2 Å². The summed E-state index contributed by atoms with van der Waals surface area (Å²) in [5.41, 5.74) is 6.99. The maximum Gasteiger partial charge on any atom is 0.151 e. The summed E-state index contributed by atoms with van der Waals surface area (Å²) >= 11 is 1.34. The van der Waals surface area contributed by atoms with Crippen LogP contribution >= 0.6 is 11.3 Å². The van der Waals surface area contributed by atoms with Gasteiger partial charge in [-0.15, -0.1) is 11.3 Å². The fourth-order valence-corrected chi connectivity index (χ4v) is 1.92. The molecule has 66 valence electrons. The molecule has 0 unspecified atom stereocenters. The first-order valence-corrected chi connectivity index (χ1v) is 4.57. The summed E-state index contributed by atoms with van der Waals surface area (Å²) in [4.78, 5) is 10.6. The molecule has 0 atom stereocenters. The summed E-state index contributed by atoms with van der Waals surface area (Å²) in [6.07, 6.45) is 2.34. The smallest absolute Gasteiger partial charge is 0.151 e. The molecule has 2 aromatic heterocycles. The highest BCUT2D eigenvalue weighted by Crippen LogP contribution is 2.34. The molecule has 0 amide bonds. The second-order valence-corrected chi connectivity index (χ2v) is 3.44. The van der Waals surface area contributed by atoms with Crippen LogP contribution in [0.5, 0.6) is 0 Å². The maximum atomic E-state index is 10.6. The average molecular weight is 193 g/mol. The molecule has 0 saturated heterocycles. The van der Waals surface area contributed by atoms with Crippen LogP contribution in [0.3, 0.4) is 0 Å².